The van der Waals surface area contributed by atoms with Crippen LogP contribution in [0.4, 0.5) is 4.39 Å². The highest BCUT2D eigenvalue weighted by atomic mass is 19.1. The summed E-state index contributed by atoms with van der Waals surface area (Å²) in [5.41, 5.74) is 0.895. The lowest BCUT2D eigenvalue weighted by Crippen LogP contribution is -2.31. The number of nitrogens with one attached hydrogen (secondary N) is 1. The van der Waals surface area contributed by atoms with E-state index in [0.29, 0.717) is 30.5 Å². The second-order valence-corrected chi connectivity index (χ2v) is 5.60. The van der Waals surface area contributed by atoms with Gasteiger partial charge in [-0.25, -0.2) is 4.39 Å². The largest absolute Gasteiger partial charge is 0.490 e. The van der Waals surface area contributed by atoms with E-state index in [0.717, 1.165) is 5.56 Å². The zero-order valence-electron chi connectivity index (χ0n) is 15.3. The number of hydrogen-bond donors (Lipinski definition) is 1. The van der Waals surface area contributed by atoms with Gasteiger partial charge in [0, 0.05) is 0 Å². The summed E-state index contributed by atoms with van der Waals surface area (Å²) in [6.45, 7) is 6.61. The molecular weight excluding hydrogens is 337 g/mol. The fourth-order valence-corrected chi connectivity index (χ4v) is 2.38. The van der Waals surface area contributed by atoms with E-state index in [2.05, 4.69) is 5.32 Å². The number of ether oxygens (including phenoxy) is 3. The predicted octanol–water partition coefficient (Wildman–Crippen LogP) is 3.88. The number of benzene rings is 2. The molecule has 0 saturated carbocycles. The molecule has 0 unspecified atom stereocenters. The van der Waals surface area contributed by atoms with Gasteiger partial charge in [0.15, 0.2) is 18.1 Å². The standard InChI is InChI=1S/C20H24FNO4/c1-4-24-18-11-6-15(12-19(18)25-5-2)14(3)22-20(23)13-26-17-9-7-16(21)8-10-17/h6-12,14H,4-5,13H2,1-3H3,(H,22,23)/t14-/m0/s1. The van der Waals surface area contributed by atoms with Crippen LogP contribution in [-0.2, 0) is 4.79 Å². The Morgan fingerprint density at radius 2 is 1.65 bits per heavy atom. The van der Waals surface area contributed by atoms with Crippen LogP contribution in [0.15, 0.2) is 42.5 Å². The third kappa shape index (κ3) is 5.65. The fraction of sp³-hybridized carbons (Fsp3) is 0.350. The summed E-state index contributed by atoms with van der Waals surface area (Å²) in [5, 5.41) is 2.86. The molecule has 0 aliphatic carbocycles. The Balaban J connectivity index is 1.95. The molecule has 0 aliphatic rings. The molecule has 26 heavy (non-hydrogen) atoms. The first kappa shape index (κ1) is 19.6. The first-order chi connectivity index (χ1) is 12.5. The van der Waals surface area contributed by atoms with Crippen molar-refractivity contribution in [2.75, 3.05) is 19.8 Å². The van der Waals surface area contributed by atoms with Crippen molar-refractivity contribution < 1.29 is 23.4 Å². The number of carbonyl (C=O) groups is 1. The highest BCUT2D eigenvalue weighted by Gasteiger charge is 2.13. The van der Waals surface area contributed by atoms with E-state index in [-0.39, 0.29) is 24.4 Å². The van der Waals surface area contributed by atoms with Crippen LogP contribution >= 0.6 is 0 Å². The monoisotopic (exact) mass is 361 g/mol. The van der Waals surface area contributed by atoms with Crippen LogP contribution in [0.1, 0.15) is 32.4 Å². The Hall–Kier alpha value is -2.76. The lowest BCUT2D eigenvalue weighted by atomic mass is 10.1. The Labute approximate surface area is 153 Å². The van der Waals surface area contributed by atoms with Crippen LogP contribution in [0.25, 0.3) is 0 Å². The first-order valence-corrected chi connectivity index (χ1v) is 8.60. The van der Waals surface area contributed by atoms with E-state index < -0.39 is 0 Å². The summed E-state index contributed by atoms with van der Waals surface area (Å²) < 4.78 is 29.4. The van der Waals surface area contributed by atoms with Crippen LogP contribution in [0.3, 0.4) is 0 Å². The molecule has 5 nitrogen and oxygen atoms in total. The minimum Gasteiger partial charge on any atom is -0.490 e. The summed E-state index contributed by atoms with van der Waals surface area (Å²) in [6.07, 6.45) is 0. The lowest BCUT2D eigenvalue weighted by molar-refractivity contribution is -0.123. The Morgan fingerprint density at radius 1 is 1.00 bits per heavy atom. The van der Waals surface area contributed by atoms with Crippen molar-refractivity contribution in [2.24, 2.45) is 0 Å². The summed E-state index contributed by atoms with van der Waals surface area (Å²) >= 11 is 0. The average Bonchev–Trinajstić information content (AvgIpc) is 2.63. The van der Waals surface area contributed by atoms with Crippen LogP contribution < -0.4 is 19.5 Å². The molecule has 140 valence electrons. The molecule has 0 heterocycles. The van der Waals surface area contributed by atoms with Crippen LogP contribution in [-0.4, -0.2) is 25.7 Å². The molecule has 1 atom stereocenters. The minimum atomic E-state index is -0.351. The molecule has 2 rings (SSSR count). The smallest absolute Gasteiger partial charge is 0.258 e. The second-order valence-electron chi connectivity index (χ2n) is 5.60. The molecule has 0 bridgehead atoms. The van der Waals surface area contributed by atoms with Gasteiger partial charge >= 0.3 is 0 Å². The van der Waals surface area contributed by atoms with Crippen LogP contribution in [0.2, 0.25) is 0 Å². The molecule has 0 aliphatic heterocycles. The van der Waals surface area contributed by atoms with Gasteiger partial charge in [-0.2, -0.15) is 0 Å². The van der Waals surface area contributed by atoms with Crippen molar-refractivity contribution in [1.82, 2.24) is 5.32 Å². The van der Waals surface area contributed by atoms with E-state index in [1.165, 1.54) is 24.3 Å². The zero-order valence-corrected chi connectivity index (χ0v) is 15.3. The van der Waals surface area contributed by atoms with Gasteiger partial charge < -0.3 is 19.5 Å². The number of carbonyl (C=O) groups excluding carboxylic acids is 1. The Morgan fingerprint density at radius 3 is 2.31 bits per heavy atom. The highest BCUT2D eigenvalue weighted by Crippen LogP contribution is 2.30. The Kier molecular flexibility index (Phi) is 7.26. The molecule has 6 heteroatoms. The van der Waals surface area contributed by atoms with Gasteiger partial charge in [-0.3, -0.25) is 4.79 Å². The average molecular weight is 361 g/mol. The van der Waals surface area contributed by atoms with Crippen molar-refractivity contribution in [2.45, 2.75) is 26.8 Å². The molecular formula is C20H24FNO4. The molecule has 0 radical (unpaired) electrons. The second kappa shape index (κ2) is 9.65. The van der Waals surface area contributed by atoms with E-state index >= 15 is 0 Å². The number of halogens is 1. The third-order valence-electron chi connectivity index (χ3n) is 3.63. The van der Waals surface area contributed by atoms with Crippen molar-refractivity contribution in [3.05, 3.63) is 53.8 Å². The zero-order chi connectivity index (χ0) is 18.9. The molecule has 2 aromatic rings. The van der Waals surface area contributed by atoms with Gasteiger partial charge in [-0.15, -0.1) is 0 Å². The highest BCUT2D eigenvalue weighted by molar-refractivity contribution is 5.78. The maximum atomic E-state index is 12.9. The molecule has 0 aromatic heterocycles. The quantitative estimate of drug-likeness (QED) is 0.736. The molecule has 0 saturated heterocycles. The van der Waals surface area contributed by atoms with Crippen molar-refractivity contribution in [1.29, 1.82) is 0 Å². The summed E-state index contributed by atoms with van der Waals surface area (Å²) in [7, 11) is 0. The Bertz CT molecular complexity index is 718. The van der Waals surface area contributed by atoms with Gasteiger partial charge in [0.2, 0.25) is 0 Å². The fourth-order valence-electron chi connectivity index (χ4n) is 2.38. The van der Waals surface area contributed by atoms with Crippen LogP contribution in [0, 0.1) is 5.82 Å². The maximum Gasteiger partial charge on any atom is 0.258 e. The number of amides is 1. The molecule has 1 amide bonds. The maximum absolute atomic E-state index is 12.9. The molecule has 1 N–H and O–H groups in total. The summed E-state index contributed by atoms with van der Waals surface area (Å²) in [5.74, 6) is 1.14. The summed E-state index contributed by atoms with van der Waals surface area (Å²) in [6, 6.07) is 10.9. The van der Waals surface area contributed by atoms with Crippen molar-refractivity contribution in [3.63, 3.8) is 0 Å². The minimum absolute atomic E-state index is 0.148. The third-order valence-corrected chi connectivity index (χ3v) is 3.63. The normalized spacial score (nSPS) is 11.5. The number of rotatable bonds is 9. The van der Waals surface area contributed by atoms with Crippen molar-refractivity contribution >= 4 is 5.91 Å². The van der Waals surface area contributed by atoms with E-state index in [1.807, 2.05) is 39.0 Å². The van der Waals surface area contributed by atoms with Gasteiger partial charge in [0.25, 0.3) is 5.91 Å². The first-order valence-electron chi connectivity index (χ1n) is 8.60. The molecule has 0 fully saturated rings. The summed E-state index contributed by atoms with van der Waals surface area (Å²) in [4.78, 5) is 12.1. The van der Waals surface area contributed by atoms with E-state index in [9.17, 15) is 9.18 Å². The molecule has 2 aromatic carbocycles. The van der Waals surface area contributed by atoms with Gasteiger partial charge in [0.05, 0.1) is 19.3 Å². The topological polar surface area (TPSA) is 56.8 Å². The lowest BCUT2D eigenvalue weighted by Gasteiger charge is -2.17. The predicted molar refractivity (Wildman–Crippen MR) is 97.2 cm³/mol. The SMILES string of the molecule is CCOc1ccc([C@H](C)NC(=O)COc2ccc(F)cc2)cc1OCC. The van der Waals surface area contributed by atoms with Gasteiger partial charge in [0.1, 0.15) is 11.6 Å². The van der Waals surface area contributed by atoms with E-state index in [4.69, 9.17) is 14.2 Å². The molecule has 0 spiro atoms. The number of hydrogen-bond acceptors (Lipinski definition) is 4. The van der Waals surface area contributed by atoms with Crippen molar-refractivity contribution in [3.8, 4) is 17.2 Å². The van der Waals surface area contributed by atoms with Gasteiger partial charge in [-0.1, -0.05) is 6.07 Å². The van der Waals surface area contributed by atoms with E-state index in [1.54, 1.807) is 0 Å². The van der Waals surface area contributed by atoms with Crippen LogP contribution in [0.5, 0.6) is 17.2 Å². The van der Waals surface area contributed by atoms with Gasteiger partial charge in [-0.05, 0) is 62.7 Å².